The number of hydrogen-bond donors (Lipinski definition) is 2. The predicted molar refractivity (Wildman–Crippen MR) is 86.7 cm³/mol. The van der Waals surface area contributed by atoms with Gasteiger partial charge in [0.25, 0.3) is 0 Å². The number of nitrogens with zero attached hydrogens (tertiary/aromatic N) is 2. The number of aromatic nitrogens is 3. The van der Waals surface area contributed by atoms with Crippen LogP contribution in [0, 0.1) is 10.6 Å². The van der Waals surface area contributed by atoms with Crippen LogP contribution in [0.25, 0.3) is 0 Å². The van der Waals surface area contributed by atoms with Crippen molar-refractivity contribution < 1.29 is 9.18 Å². The van der Waals surface area contributed by atoms with Crippen LogP contribution in [0.3, 0.4) is 0 Å². The minimum absolute atomic E-state index is 0.0968. The van der Waals surface area contributed by atoms with Crippen LogP contribution >= 0.6 is 24.0 Å². The summed E-state index contributed by atoms with van der Waals surface area (Å²) in [5.74, 6) is 0.863. The maximum atomic E-state index is 13.4. The average molecular weight is 340 g/mol. The maximum Gasteiger partial charge on any atom is 0.221 e. The van der Waals surface area contributed by atoms with E-state index in [2.05, 4.69) is 15.5 Å². The number of carbonyl (C=O) groups excluding carboxylic acids is 1. The summed E-state index contributed by atoms with van der Waals surface area (Å²) in [6.45, 7) is 2.98. The zero-order valence-corrected chi connectivity index (χ0v) is 13.8. The molecule has 0 aliphatic rings. The van der Waals surface area contributed by atoms with Crippen LogP contribution in [-0.2, 0) is 17.9 Å². The zero-order chi connectivity index (χ0) is 15.9. The number of nitrogens with one attached hydrogen (secondary N) is 2. The Morgan fingerprint density at radius 2 is 2.27 bits per heavy atom. The summed E-state index contributed by atoms with van der Waals surface area (Å²) in [6.07, 6.45) is 0.316. The number of H-pyrrole nitrogens is 1. The molecule has 0 atom stereocenters. The van der Waals surface area contributed by atoms with Crippen molar-refractivity contribution in [3.05, 3.63) is 40.7 Å². The van der Waals surface area contributed by atoms with Crippen molar-refractivity contribution >= 4 is 29.9 Å². The molecule has 2 rings (SSSR count). The lowest BCUT2D eigenvalue weighted by Gasteiger charge is -2.06. The second kappa shape index (κ2) is 8.09. The van der Waals surface area contributed by atoms with Crippen molar-refractivity contribution in [2.45, 2.75) is 31.3 Å². The van der Waals surface area contributed by atoms with Crippen LogP contribution < -0.4 is 5.32 Å². The highest BCUT2D eigenvalue weighted by atomic mass is 32.2. The molecule has 1 aromatic heterocycles. The maximum absolute atomic E-state index is 13.4. The summed E-state index contributed by atoms with van der Waals surface area (Å²) in [7, 11) is 0. The quantitative estimate of drug-likeness (QED) is 0.601. The van der Waals surface area contributed by atoms with Gasteiger partial charge in [0.2, 0.25) is 5.91 Å². The summed E-state index contributed by atoms with van der Waals surface area (Å²) in [5.41, 5.74) is 0. The highest BCUT2D eigenvalue weighted by Crippen LogP contribution is 2.21. The van der Waals surface area contributed by atoms with Gasteiger partial charge < -0.3 is 9.88 Å². The molecule has 0 radical (unpaired) electrons. The van der Waals surface area contributed by atoms with E-state index in [1.54, 1.807) is 18.2 Å². The third-order valence-corrected chi connectivity index (χ3v) is 4.38. The van der Waals surface area contributed by atoms with E-state index < -0.39 is 0 Å². The highest BCUT2D eigenvalue weighted by Gasteiger charge is 2.08. The number of amides is 1. The first-order valence-electron chi connectivity index (χ1n) is 6.90. The molecule has 2 aromatic rings. The Morgan fingerprint density at radius 3 is 3.00 bits per heavy atom. The molecule has 5 nitrogen and oxygen atoms in total. The van der Waals surface area contributed by atoms with Crippen molar-refractivity contribution in [2.24, 2.45) is 0 Å². The van der Waals surface area contributed by atoms with Crippen LogP contribution in [0.2, 0.25) is 0 Å². The van der Waals surface area contributed by atoms with Crippen LogP contribution in [0.4, 0.5) is 4.39 Å². The molecule has 0 fully saturated rings. The lowest BCUT2D eigenvalue weighted by molar-refractivity contribution is -0.120. The lowest BCUT2D eigenvalue weighted by Crippen LogP contribution is -2.25. The second-order valence-electron chi connectivity index (χ2n) is 4.49. The molecule has 8 heteroatoms. The molecular formula is C14H17FN4OS2. The van der Waals surface area contributed by atoms with Crippen LogP contribution in [0.1, 0.15) is 19.2 Å². The molecule has 22 heavy (non-hydrogen) atoms. The van der Waals surface area contributed by atoms with Gasteiger partial charge in [-0.25, -0.2) is 4.39 Å². The summed E-state index contributed by atoms with van der Waals surface area (Å²) < 4.78 is 15.8. The van der Waals surface area contributed by atoms with E-state index >= 15 is 0 Å². The normalized spacial score (nSPS) is 10.6. The number of hydrogen-bond acceptors (Lipinski definition) is 4. The molecular weight excluding hydrogens is 323 g/mol. The van der Waals surface area contributed by atoms with Crippen molar-refractivity contribution in [3.63, 3.8) is 0 Å². The lowest BCUT2D eigenvalue weighted by atomic mass is 10.3. The molecule has 0 bridgehead atoms. The smallest absolute Gasteiger partial charge is 0.221 e. The SMILES string of the molecule is CCn1c(CNC(=O)CCSc2ccccc2F)n[nH]c1=S. The summed E-state index contributed by atoms with van der Waals surface area (Å²) in [4.78, 5) is 12.4. The Morgan fingerprint density at radius 1 is 1.50 bits per heavy atom. The second-order valence-corrected chi connectivity index (χ2v) is 6.02. The number of halogens is 1. The zero-order valence-electron chi connectivity index (χ0n) is 12.1. The first-order valence-corrected chi connectivity index (χ1v) is 8.29. The molecule has 1 aromatic carbocycles. The van der Waals surface area contributed by atoms with Crippen molar-refractivity contribution in [2.75, 3.05) is 5.75 Å². The minimum atomic E-state index is -0.258. The predicted octanol–water partition coefficient (Wildman–Crippen LogP) is 2.90. The minimum Gasteiger partial charge on any atom is -0.349 e. The van der Waals surface area contributed by atoms with Gasteiger partial charge in [0.05, 0.1) is 6.54 Å². The van der Waals surface area contributed by atoms with Gasteiger partial charge in [-0.3, -0.25) is 9.89 Å². The Balaban J connectivity index is 1.76. The molecule has 0 saturated heterocycles. The monoisotopic (exact) mass is 340 g/mol. The van der Waals surface area contributed by atoms with E-state index in [1.165, 1.54) is 17.8 Å². The molecule has 0 aliphatic heterocycles. The molecule has 1 heterocycles. The number of carbonyl (C=O) groups is 1. The van der Waals surface area contributed by atoms with Crippen LogP contribution in [-0.4, -0.2) is 26.4 Å². The van der Waals surface area contributed by atoms with Crippen molar-refractivity contribution in [3.8, 4) is 0 Å². The summed E-state index contributed by atoms with van der Waals surface area (Å²) in [5, 5.41) is 9.57. The summed E-state index contributed by atoms with van der Waals surface area (Å²) >= 11 is 6.41. The largest absolute Gasteiger partial charge is 0.349 e. The van der Waals surface area contributed by atoms with Crippen molar-refractivity contribution in [1.82, 2.24) is 20.1 Å². The highest BCUT2D eigenvalue weighted by molar-refractivity contribution is 7.99. The molecule has 1 amide bonds. The first kappa shape index (κ1) is 16.7. The van der Waals surface area contributed by atoms with Gasteiger partial charge in [-0.15, -0.1) is 11.8 Å². The average Bonchev–Trinajstić information content (AvgIpc) is 2.87. The van der Waals surface area contributed by atoms with Gasteiger partial charge in [0.1, 0.15) is 5.82 Å². The Hall–Kier alpha value is -1.67. The van der Waals surface area contributed by atoms with E-state index in [0.717, 1.165) is 0 Å². The third-order valence-electron chi connectivity index (χ3n) is 3.02. The number of thioether (sulfide) groups is 1. The summed E-state index contributed by atoms with van der Waals surface area (Å²) in [6, 6.07) is 6.54. The molecule has 118 valence electrons. The molecule has 2 N–H and O–H groups in total. The molecule has 0 spiro atoms. The molecule has 0 saturated carbocycles. The van der Waals surface area contributed by atoms with E-state index in [-0.39, 0.29) is 11.7 Å². The van der Waals surface area contributed by atoms with Crippen LogP contribution in [0.5, 0.6) is 0 Å². The molecule has 0 unspecified atom stereocenters. The van der Waals surface area contributed by atoms with Gasteiger partial charge in [0.15, 0.2) is 10.6 Å². The Bertz CT molecular complexity index is 698. The van der Waals surface area contributed by atoms with Gasteiger partial charge in [-0.05, 0) is 31.3 Å². The standard InChI is InChI=1S/C14H17FN4OS2/c1-2-19-12(17-18-14(19)21)9-16-13(20)7-8-22-11-6-4-3-5-10(11)15/h3-6H,2,7-9H2,1H3,(H,16,20)(H,18,21). The fourth-order valence-electron chi connectivity index (χ4n) is 1.89. The van der Waals surface area contributed by atoms with Gasteiger partial charge in [-0.2, -0.15) is 5.10 Å². The number of benzene rings is 1. The first-order chi connectivity index (χ1) is 10.6. The van der Waals surface area contributed by atoms with E-state index in [0.29, 0.717) is 40.8 Å². The fourth-order valence-corrected chi connectivity index (χ4v) is 3.06. The van der Waals surface area contributed by atoms with E-state index in [9.17, 15) is 9.18 Å². The Kier molecular flexibility index (Phi) is 6.14. The van der Waals surface area contributed by atoms with Gasteiger partial charge >= 0.3 is 0 Å². The van der Waals surface area contributed by atoms with Gasteiger partial charge in [-0.1, -0.05) is 12.1 Å². The molecule has 0 aliphatic carbocycles. The fraction of sp³-hybridized carbons (Fsp3) is 0.357. The topological polar surface area (TPSA) is 62.7 Å². The van der Waals surface area contributed by atoms with Gasteiger partial charge in [0, 0.05) is 23.6 Å². The number of rotatable bonds is 7. The van der Waals surface area contributed by atoms with E-state index in [4.69, 9.17) is 12.2 Å². The number of aromatic amines is 1. The van der Waals surface area contributed by atoms with Crippen LogP contribution in [0.15, 0.2) is 29.2 Å². The van der Waals surface area contributed by atoms with Crippen molar-refractivity contribution in [1.29, 1.82) is 0 Å². The van der Waals surface area contributed by atoms with E-state index in [1.807, 2.05) is 11.5 Å². The Labute approximate surface area is 137 Å². The third kappa shape index (κ3) is 4.41.